The molecule has 1 nitrogen and oxygen atoms in total. The molecule has 0 aromatic heterocycles. The molecular formula is C15H22OS2. The van der Waals surface area contributed by atoms with Gasteiger partial charge in [-0.25, -0.2) is 0 Å². The molecule has 1 aliphatic rings. The van der Waals surface area contributed by atoms with Crippen molar-refractivity contribution < 1.29 is 5.11 Å². The minimum Gasteiger partial charge on any atom is -0.392 e. The quantitative estimate of drug-likeness (QED) is 0.917. The molecular weight excluding hydrogens is 260 g/mol. The molecule has 1 saturated heterocycles. The lowest BCUT2D eigenvalue weighted by Crippen LogP contribution is -2.36. The number of aryl methyl sites for hydroxylation is 2. The minimum absolute atomic E-state index is 0.223. The first-order valence-corrected chi connectivity index (χ1v) is 8.64. The fourth-order valence-corrected chi connectivity index (χ4v) is 5.46. The van der Waals surface area contributed by atoms with Crippen molar-refractivity contribution in [3.05, 3.63) is 34.9 Å². The van der Waals surface area contributed by atoms with Gasteiger partial charge in [0, 0.05) is 22.0 Å². The third-order valence-electron chi connectivity index (χ3n) is 3.34. The van der Waals surface area contributed by atoms with Crippen LogP contribution in [0.25, 0.3) is 0 Å². The van der Waals surface area contributed by atoms with Crippen molar-refractivity contribution in [2.24, 2.45) is 0 Å². The summed E-state index contributed by atoms with van der Waals surface area (Å²) >= 11 is 3.93. The van der Waals surface area contributed by atoms with Crippen molar-refractivity contribution in [3.8, 4) is 0 Å². The van der Waals surface area contributed by atoms with Crippen LogP contribution in [0.15, 0.2) is 18.2 Å². The summed E-state index contributed by atoms with van der Waals surface area (Å²) in [6.45, 7) is 6.49. The van der Waals surface area contributed by atoms with Crippen LogP contribution in [-0.2, 0) is 6.42 Å². The molecule has 1 aromatic rings. The topological polar surface area (TPSA) is 20.2 Å². The van der Waals surface area contributed by atoms with Gasteiger partial charge in [0.15, 0.2) is 0 Å². The second-order valence-corrected chi connectivity index (χ2v) is 7.95. The Labute approximate surface area is 119 Å². The van der Waals surface area contributed by atoms with E-state index in [1.807, 2.05) is 23.5 Å². The molecule has 0 bridgehead atoms. The van der Waals surface area contributed by atoms with Crippen molar-refractivity contribution in [1.82, 2.24) is 0 Å². The molecule has 18 heavy (non-hydrogen) atoms. The number of aliphatic hydroxyl groups excluding tert-OH is 1. The molecule has 1 aliphatic heterocycles. The number of aliphatic hydroxyl groups is 1. The van der Waals surface area contributed by atoms with E-state index in [4.69, 9.17) is 0 Å². The van der Waals surface area contributed by atoms with Crippen LogP contribution in [0, 0.1) is 13.8 Å². The van der Waals surface area contributed by atoms with E-state index in [1.54, 1.807) is 0 Å². The third-order valence-corrected chi connectivity index (χ3v) is 6.58. The lowest BCUT2D eigenvalue weighted by atomic mass is 10.00. The summed E-state index contributed by atoms with van der Waals surface area (Å²) < 4.78 is 0. The van der Waals surface area contributed by atoms with Gasteiger partial charge in [-0.1, -0.05) is 36.2 Å². The molecule has 3 unspecified atom stereocenters. The van der Waals surface area contributed by atoms with Crippen LogP contribution in [0.2, 0.25) is 0 Å². The van der Waals surface area contributed by atoms with E-state index in [9.17, 15) is 5.11 Å². The number of rotatable bonds is 3. The highest BCUT2D eigenvalue weighted by atomic mass is 32.2. The van der Waals surface area contributed by atoms with Crippen molar-refractivity contribution in [1.29, 1.82) is 0 Å². The highest BCUT2D eigenvalue weighted by Crippen LogP contribution is 2.34. The smallest absolute Gasteiger partial charge is 0.0709 e. The fraction of sp³-hybridized carbons (Fsp3) is 0.600. The van der Waals surface area contributed by atoms with Crippen molar-refractivity contribution in [2.45, 2.75) is 43.8 Å². The number of hydrogen-bond acceptors (Lipinski definition) is 3. The average Bonchev–Trinajstić information content (AvgIpc) is 2.27. The zero-order valence-corrected chi connectivity index (χ0v) is 13.0. The summed E-state index contributed by atoms with van der Waals surface area (Å²) in [6, 6.07) is 6.58. The normalized spacial score (nSPS) is 26.0. The van der Waals surface area contributed by atoms with Gasteiger partial charge in [0.2, 0.25) is 0 Å². The standard InChI is InChI=1S/C15H22OS2/c1-10-6-11(2)8-13(7-10)9-14(16)15-12(3)17-4-5-18-15/h6-8,12,14-16H,4-5,9H2,1-3H3. The zero-order chi connectivity index (χ0) is 13.1. The molecule has 1 aromatic carbocycles. The molecule has 2 rings (SSSR count). The lowest BCUT2D eigenvalue weighted by Gasteiger charge is -2.31. The largest absolute Gasteiger partial charge is 0.392 e. The SMILES string of the molecule is Cc1cc(C)cc(CC(O)C2SCCSC2C)c1. The number of thioether (sulfide) groups is 2. The second kappa shape index (κ2) is 6.36. The van der Waals surface area contributed by atoms with E-state index in [0.29, 0.717) is 10.5 Å². The van der Waals surface area contributed by atoms with Gasteiger partial charge in [0.05, 0.1) is 6.10 Å². The summed E-state index contributed by atoms with van der Waals surface area (Å²) in [4.78, 5) is 0. The van der Waals surface area contributed by atoms with Crippen LogP contribution >= 0.6 is 23.5 Å². The Morgan fingerprint density at radius 3 is 2.39 bits per heavy atom. The predicted molar refractivity (Wildman–Crippen MR) is 83.8 cm³/mol. The van der Waals surface area contributed by atoms with Crippen LogP contribution in [0.4, 0.5) is 0 Å². The molecule has 1 fully saturated rings. The molecule has 3 heteroatoms. The van der Waals surface area contributed by atoms with Crippen molar-refractivity contribution in [2.75, 3.05) is 11.5 Å². The third kappa shape index (κ3) is 3.69. The predicted octanol–water partition coefficient (Wildman–Crippen LogP) is 3.44. The summed E-state index contributed by atoms with van der Waals surface area (Å²) in [5.41, 5.74) is 3.84. The molecule has 1 N–H and O–H groups in total. The van der Waals surface area contributed by atoms with Gasteiger partial charge in [0.1, 0.15) is 0 Å². The van der Waals surface area contributed by atoms with E-state index in [-0.39, 0.29) is 6.10 Å². The van der Waals surface area contributed by atoms with E-state index in [2.05, 4.69) is 39.0 Å². The van der Waals surface area contributed by atoms with Crippen molar-refractivity contribution in [3.63, 3.8) is 0 Å². The fourth-order valence-electron chi connectivity index (χ4n) is 2.62. The molecule has 0 spiro atoms. The van der Waals surface area contributed by atoms with Gasteiger partial charge in [-0.15, -0.1) is 0 Å². The maximum Gasteiger partial charge on any atom is 0.0709 e. The Bertz CT molecular complexity index is 385. The highest BCUT2D eigenvalue weighted by Gasteiger charge is 2.29. The lowest BCUT2D eigenvalue weighted by molar-refractivity contribution is 0.171. The van der Waals surface area contributed by atoms with Crippen molar-refractivity contribution >= 4 is 23.5 Å². The van der Waals surface area contributed by atoms with Gasteiger partial charge < -0.3 is 5.11 Å². The Hall–Kier alpha value is -0.120. The van der Waals surface area contributed by atoms with Crippen LogP contribution in [0.5, 0.6) is 0 Å². The van der Waals surface area contributed by atoms with E-state index >= 15 is 0 Å². The molecule has 0 amide bonds. The monoisotopic (exact) mass is 282 g/mol. The first-order valence-electron chi connectivity index (χ1n) is 6.54. The van der Waals surface area contributed by atoms with Crippen LogP contribution in [0.3, 0.4) is 0 Å². The molecule has 1 heterocycles. The molecule has 3 atom stereocenters. The van der Waals surface area contributed by atoms with Gasteiger partial charge >= 0.3 is 0 Å². The summed E-state index contributed by atoms with van der Waals surface area (Å²) in [7, 11) is 0. The first kappa shape index (κ1) is 14.3. The number of hydrogen-bond donors (Lipinski definition) is 1. The van der Waals surface area contributed by atoms with Crippen LogP contribution < -0.4 is 0 Å². The minimum atomic E-state index is -0.223. The summed E-state index contributed by atoms with van der Waals surface area (Å²) in [5, 5.41) is 11.4. The Morgan fingerprint density at radius 2 is 1.78 bits per heavy atom. The molecule has 0 radical (unpaired) electrons. The molecule has 0 saturated carbocycles. The first-order chi connectivity index (χ1) is 8.56. The highest BCUT2D eigenvalue weighted by molar-refractivity contribution is 8.07. The molecule has 100 valence electrons. The Balaban J connectivity index is 2.03. The van der Waals surface area contributed by atoms with Gasteiger partial charge in [0.25, 0.3) is 0 Å². The average molecular weight is 282 g/mol. The van der Waals surface area contributed by atoms with Gasteiger partial charge in [-0.2, -0.15) is 23.5 Å². The van der Waals surface area contributed by atoms with Crippen LogP contribution in [0.1, 0.15) is 23.6 Å². The zero-order valence-electron chi connectivity index (χ0n) is 11.3. The van der Waals surface area contributed by atoms with Gasteiger partial charge in [-0.05, 0) is 25.8 Å². The van der Waals surface area contributed by atoms with Gasteiger partial charge in [-0.3, -0.25) is 0 Å². The molecule has 0 aliphatic carbocycles. The Morgan fingerprint density at radius 1 is 1.17 bits per heavy atom. The van der Waals surface area contributed by atoms with E-state index in [1.165, 1.54) is 28.2 Å². The summed E-state index contributed by atoms with van der Waals surface area (Å²) in [6.07, 6.45) is 0.560. The maximum absolute atomic E-state index is 10.4. The maximum atomic E-state index is 10.4. The van der Waals surface area contributed by atoms with E-state index in [0.717, 1.165) is 6.42 Å². The number of benzene rings is 1. The van der Waals surface area contributed by atoms with E-state index < -0.39 is 0 Å². The van der Waals surface area contributed by atoms with Crippen LogP contribution in [-0.4, -0.2) is 33.2 Å². The second-order valence-electron chi connectivity index (χ2n) is 5.18. The summed E-state index contributed by atoms with van der Waals surface area (Å²) in [5.74, 6) is 2.39. The Kier molecular flexibility index (Phi) is 5.05.